The van der Waals surface area contributed by atoms with Gasteiger partial charge in [-0.3, -0.25) is 0 Å². The van der Waals surface area contributed by atoms with Gasteiger partial charge in [0.1, 0.15) is 11.9 Å². The molecule has 2 rings (SSSR count). The average molecular weight is 396 g/mol. The Balaban J connectivity index is 2.33. The number of rotatable bonds is 7. The molecule has 0 spiro atoms. The molecule has 1 aliphatic rings. The molecule has 0 saturated carbocycles. The molecule has 0 aliphatic carbocycles. The van der Waals surface area contributed by atoms with Crippen molar-refractivity contribution in [3.8, 4) is 6.07 Å². The van der Waals surface area contributed by atoms with E-state index in [4.69, 9.17) is 15.7 Å². The highest BCUT2D eigenvalue weighted by Crippen LogP contribution is 2.31. The van der Waals surface area contributed by atoms with Crippen LogP contribution in [-0.2, 0) is 9.53 Å². The summed E-state index contributed by atoms with van der Waals surface area (Å²) in [5.74, 6) is 0.397. The number of nitrogens with two attached hydrogens (primary N) is 1. The third-order valence-corrected chi connectivity index (χ3v) is 4.37. The van der Waals surface area contributed by atoms with Crippen molar-refractivity contribution in [3.05, 3.63) is 46.7 Å². The Kier molecular flexibility index (Phi) is 7.92. The second-order valence-electron chi connectivity index (χ2n) is 6.98. The Morgan fingerprint density at radius 1 is 1.38 bits per heavy atom. The molecule has 1 aliphatic heterocycles. The molecule has 0 radical (unpaired) electrons. The van der Waals surface area contributed by atoms with Gasteiger partial charge in [-0.25, -0.2) is 14.8 Å². The number of nitrogens with zero attached hydrogens (tertiary/aromatic N) is 4. The fraction of sp³-hybridized carbons (Fsp3) is 0.429. The highest BCUT2D eigenvalue weighted by Gasteiger charge is 2.30. The van der Waals surface area contributed by atoms with Crippen LogP contribution in [0.4, 0.5) is 0 Å². The number of carbonyl (C=O) groups is 1. The Hall–Kier alpha value is -3.18. The number of allylic oxidation sites excluding steroid dienone is 1. The third-order valence-electron chi connectivity index (χ3n) is 4.37. The molecular weight excluding hydrogens is 368 g/mol. The van der Waals surface area contributed by atoms with E-state index < -0.39 is 12.0 Å². The van der Waals surface area contributed by atoms with Crippen molar-refractivity contribution >= 4 is 17.8 Å². The Labute approximate surface area is 171 Å². The number of esters is 1. The van der Waals surface area contributed by atoms with E-state index in [1.807, 2.05) is 14.1 Å². The van der Waals surface area contributed by atoms with E-state index in [2.05, 4.69) is 26.3 Å². The first-order chi connectivity index (χ1) is 13.8. The molecule has 0 bridgehead atoms. The van der Waals surface area contributed by atoms with Crippen molar-refractivity contribution in [2.75, 3.05) is 27.2 Å². The van der Waals surface area contributed by atoms with Crippen LogP contribution in [0.1, 0.15) is 43.9 Å². The first-order valence-electron chi connectivity index (χ1n) is 9.56. The predicted molar refractivity (Wildman–Crippen MR) is 113 cm³/mol. The fourth-order valence-corrected chi connectivity index (χ4v) is 2.94. The van der Waals surface area contributed by atoms with Crippen LogP contribution in [0.2, 0.25) is 0 Å². The van der Waals surface area contributed by atoms with Crippen LogP contribution in [0.5, 0.6) is 0 Å². The van der Waals surface area contributed by atoms with Crippen molar-refractivity contribution in [2.45, 2.75) is 32.7 Å². The highest BCUT2D eigenvalue weighted by atomic mass is 16.5. The molecule has 1 aromatic carbocycles. The quantitative estimate of drug-likeness (QED) is 0.414. The van der Waals surface area contributed by atoms with Crippen molar-refractivity contribution < 1.29 is 9.53 Å². The summed E-state index contributed by atoms with van der Waals surface area (Å²) in [4.78, 5) is 23.6. The number of hydrogen-bond donors (Lipinski definition) is 2. The number of nitriles is 1. The largest absolute Gasteiger partial charge is 0.463 e. The zero-order valence-corrected chi connectivity index (χ0v) is 17.4. The molecule has 1 aromatic rings. The minimum atomic E-state index is -0.587. The molecule has 0 aromatic heterocycles. The van der Waals surface area contributed by atoms with E-state index in [-0.39, 0.29) is 6.61 Å². The van der Waals surface area contributed by atoms with E-state index in [0.717, 1.165) is 18.5 Å². The molecule has 8 heteroatoms. The minimum Gasteiger partial charge on any atom is -0.463 e. The minimum absolute atomic E-state index is 0.267. The lowest BCUT2D eigenvalue weighted by atomic mass is 9.95. The molecular formula is C21H28N6O2. The predicted octanol–water partition coefficient (Wildman–Crippen LogP) is 2.09. The first-order valence-corrected chi connectivity index (χ1v) is 9.56. The van der Waals surface area contributed by atoms with Crippen molar-refractivity contribution in [2.24, 2.45) is 15.7 Å². The second kappa shape index (κ2) is 10.4. The number of nitrogens with one attached hydrogen (secondary N) is 1. The Morgan fingerprint density at radius 3 is 2.66 bits per heavy atom. The van der Waals surface area contributed by atoms with E-state index in [9.17, 15) is 4.79 Å². The highest BCUT2D eigenvalue weighted by molar-refractivity contribution is 5.99. The van der Waals surface area contributed by atoms with Gasteiger partial charge in [0.15, 0.2) is 0 Å². The summed E-state index contributed by atoms with van der Waals surface area (Å²) in [6, 6.07) is 8.47. The van der Waals surface area contributed by atoms with Gasteiger partial charge in [0, 0.05) is 12.1 Å². The van der Waals surface area contributed by atoms with Crippen molar-refractivity contribution in [1.29, 1.82) is 5.26 Å². The van der Waals surface area contributed by atoms with Gasteiger partial charge >= 0.3 is 5.97 Å². The topological polar surface area (TPSA) is 116 Å². The van der Waals surface area contributed by atoms with Crippen LogP contribution in [0, 0.1) is 11.3 Å². The summed E-state index contributed by atoms with van der Waals surface area (Å²) in [7, 11) is 4.01. The second-order valence-corrected chi connectivity index (χ2v) is 6.98. The van der Waals surface area contributed by atoms with Crippen LogP contribution in [-0.4, -0.2) is 49.9 Å². The molecule has 0 fully saturated rings. The van der Waals surface area contributed by atoms with Crippen molar-refractivity contribution in [3.63, 3.8) is 0 Å². The lowest BCUT2D eigenvalue weighted by Gasteiger charge is -2.24. The van der Waals surface area contributed by atoms with E-state index in [0.29, 0.717) is 35.0 Å². The maximum Gasteiger partial charge on any atom is 0.338 e. The summed E-state index contributed by atoms with van der Waals surface area (Å²) in [5.41, 5.74) is 8.41. The summed E-state index contributed by atoms with van der Waals surface area (Å²) in [6.45, 7) is 4.72. The van der Waals surface area contributed by atoms with Crippen LogP contribution in [0.15, 0.2) is 45.5 Å². The summed E-state index contributed by atoms with van der Waals surface area (Å²) in [6.07, 6.45) is 1.53. The van der Waals surface area contributed by atoms with Crippen LogP contribution in [0.25, 0.3) is 0 Å². The lowest BCUT2D eigenvalue weighted by Crippen LogP contribution is -2.32. The summed E-state index contributed by atoms with van der Waals surface area (Å²) >= 11 is 0. The average Bonchev–Trinajstić information content (AvgIpc) is 2.67. The number of benzene rings is 1. The molecule has 8 nitrogen and oxygen atoms in total. The number of hydrogen-bond acceptors (Lipinski definition) is 7. The Morgan fingerprint density at radius 2 is 2.07 bits per heavy atom. The molecule has 0 saturated heterocycles. The number of amidine groups is 1. The summed E-state index contributed by atoms with van der Waals surface area (Å²) < 4.78 is 5.22. The normalized spacial score (nSPS) is 16.9. The lowest BCUT2D eigenvalue weighted by molar-refractivity contribution is -0.138. The SMILES string of the molecule is CCOC(=O)C1=C(C)NC(N=C(N)CCCN(C)C)=NC1c1ccc(C#N)cc1. The molecule has 1 heterocycles. The summed E-state index contributed by atoms with van der Waals surface area (Å²) in [5, 5.41) is 12.1. The van der Waals surface area contributed by atoms with Crippen LogP contribution >= 0.6 is 0 Å². The smallest absolute Gasteiger partial charge is 0.338 e. The Bertz CT molecular complexity index is 862. The van der Waals surface area contributed by atoms with E-state index in [1.54, 1.807) is 38.1 Å². The molecule has 1 unspecified atom stereocenters. The molecule has 3 N–H and O–H groups in total. The maximum atomic E-state index is 12.5. The molecule has 0 amide bonds. The maximum absolute atomic E-state index is 12.5. The van der Waals surface area contributed by atoms with Gasteiger partial charge in [-0.05, 0) is 58.6 Å². The third kappa shape index (κ3) is 6.16. The van der Waals surface area contributed by atoms with Crippen molar-refractivity contribution in [1.82, 2.24) is 10.2 Å². The van der Waals surface area contributed by atoms with E-state index >= 15 is 0 Å². The van der Waals surface area contributed by atoms with Crippen LogP contribution < -0.4 is 11.1 Å². The first kappa shape index (κ1) is 22.1. The fourth-order valence-electron chi connectivity index (χ4n) is 2.94. The monoisotopic (exact) mass is 396 g/mol. The zero-order valence-electron chi connectivity index (χ0n) is 17.4. The van der Waals surface area contributed by atoms with Gasteiger partial charge in [0.2, 0.25) is 5.96 Å². The van der Waals surface area contributed by atoms with Gasteiger partial charge in [0.05, 0.1) is 23.8 Å². The molecule has 154 valence electrons. The molecule has 29 heavy (non-hydrogen) atoms. The van der Waals surface area contributed by atoms with Crippen LogP contribution in [0.3, 0.4) is 0 Å². The number of carbonyl (C=O) groups excluding carboxylic acids is 1. The van der Waals surface area contributed by atoms with Gasteiger partial charge < -0.3 is 20.7 Å². The number of guanidine groups is 1. The van der Waals surface area contributed by atoms with Gasteiger partial charge in [0.25, 0.3) is 0 Å². The molecule has 1 atom stereocenters. The van der Waals surface area contributed by atoms with E-state index in [1.165, 1.54) is 0 Å². The number of aliphatic imine (C=N–C) groups is 2. The standard InChI is InChI=1S/C21H28N6O2/c1-5-29-20(28)18-14(2)24-21(25-17(23)7-6-12-27(3)4)26-19(18)16-10-8-15(13-22)9-11-16/h8-11,19H,5-7,12H2,1-4H3,(H3,23,24,25,26). The van der Waals surface area contributed by atoms with Gasteiger partial charge in [-0.1, -0.05) is 12.1 Å². The van der Waals surface area contributed by atoms with Gasteiger partial charge in [-0.2, -0.15) is 5.26 Å². The zero-order chi connectivity index (χ0) is 21.4. The number of ether oxygens (including phenoxy) is 1. The van der Waals surface area contributed by atoms with Gasteiger partial charge in [-0.15, -0.1) is 0 Å².